The Balaban J connectivity index is 1.99. The fraction of sp³-hybridized carbons (Fsp3) is 0.769. The zero-order chi connectivity index (χ0) is 13.9. The summed E-state index contributed by atoms with van der Waals surface area (Å²) in [6, 6.07) is 0. The van der Waals surface area contributed by atoms with Gasteiger partial charge in [-0.3, -0.25) is 4.79 Å². The minimum Gasteiger partial charge on any atom is -0.363 e. The van der Waals surface area contributed by atoms with Crippen molar-refractivity contribution in [2.24, 2.45) is 5.41 Å². The number of carbonyl (C=O) groups excluding carboxylic acids is 1. The first-order chi connectivity index (χ1) is 9.14. The fourth-order valence-corrected chi connectivity index (χ4v) is 3.35. The largest absolute Gasteiger partial charge is 0.363 e. The smallest absolute Gasteiger partial charge is 0.284 e. The van der Waals surface area contributed by atoms with Crippen molar-refractivity contribution in [3.8, 4) is 0 Å². The van der Waals surface area contributed by atoms with E-state index in [0.29, 0.717) is 15.6 Å². The molecule has 19 heavy (non-hydrogen) atoms. The van der Waals surface area contributed by atoms with Crippen molar-refractivity contribution in [3.05, 3.63) is 5.01 Å². The van der Waals surface area contributed by atoms with Crippen LogP contribution < -0.4 is 5.32 Å². The van der Waals surface area contributed by atoms with E-state index in [-0.39, 0.29) is 5.91 Å². The Kier molecular flexibility index (Phi) is 4.39. The molecule has 1 saturated heterocycles. The highest BCUT2D eigenvalue weighted by atomic mass is 32.1. The van der Waals surface area contributed by atoms with Gasteiger partial charge in [-0.1, -0.05) is 38.0 Å². The van der Waals surface area contributed by atoms with E-state index in [2.05, 4.69) is 29.4 Å². The maximum absolute atomic E-state index is 12.3. The average molecular weight is 282 g/mol. The first-order valence-corrected chi connectivity index (χ1v) is 7.76. The van der Waals surface area contributed by atoms with Gasteiger partial charge in [0.15, 0.2) is 0 Å². The molecule has 2 heterocycles. The van der Waals surface area contributed by atoms with E-state index in [9.17, 15) is 4.79 Å². The molecule has 0 spiro atoms. The lowest BCUT2D eigenvalue weighted by Gasteiger charge is -2.40. The lowest BCUT2D eigenvalue weighted by molar-refractivity contribution is 0.0556. The second kappa shape index (κ2) is 5.86. The maximum Gasteiger partial charge on any atom is 0.284 e. The highest BCUT2D eigenvalue weighted by molar-refractivity contribution is 7.17. The summed E-state index contributed by atoms with van der Waals surface area (Å²) in [6.07, 6.45) is 4.61. The SMILES string of the molecule is CCC1(CC)CCN(C(=O)c2nnc(NC)s2)CC1. The van der Waals surface area contributed by atoms with E-state index in [4.69, 9.17) is 0 Å². The molecule has 1 aliphatic rings. The summed E-state index contributed by atoms with van der Waals surface area (Å²) in [5, 5.41) is 12.0. The Bertz CT molecular complexity index is 432. The summed E-state index contributed by atoms with van der Waals surface area (Å²) in [5.41, 5.74) is 0.439. The molecule has 1 aliphatic heterocycles. The third kappa shape index (κ3) is 2.88. The minimum atomic E-state index is 0.0276. The van der Waals surface area contributed by atoms with Gasteiger partial charge < -0.3 is 10.2 Å². The molecule has 2 rings (SSSR count). The number of piperidine rings is 1. The molecule has 0 atom stereocenters. The Morgan fingerprint density at radius 3 is 2.42 bits per heavy atom. The Hall–Kier alpha value is -1.17. The number of carbonyl (C=O) groups is 1. The standard InChI is InChI=1S/C13H22N4OS/c1-4-13(5-2)6-8-17(9-7-13)11(18)10-15-16-12(14-3)19-10/h4-9H2,1-3H3,(H,14,16). The fourth-order valence-electron chi connectivity index (χ4n) is 2.69. The number of hydrogen-bond donors (Lipinski definition) is 1. The van der Waals surface area contributed by atoms with Gasteiger partial charge in [-0.05, 0) is 18.3 Å². The third-order valence-corrected chi connectivity index (χ3v) is 5.36. The van der Waals surface area contributed by atoms with Gasteiger partial charge in [-0.25, -0.2) is 0 Å². The number of rotatable bonds is 4. The van der Waals surface area contributed by atoms with Gasteiger partial charge >= 0.3 is 0 Å². The normalized spacial score (nSPS) is 18.4. The monoisotopic (exact) mass is 282 g/mol. The summed E-state index contributed by atoms with van der Waals surface area (Å²) < 4.78 is 0. The lowest BCUT2D eigenvalue weighted by Crippen LogP contribution is -2.42. The average Bonchev–Trinajstić information content (AvgIpc) is 2.95. The molecule has 1 fully saturated rings. The van der Waals surface area contributed by atoms with Gasteiger partial charge in [-0.2, -0.15) is 0 Å². The van der Waals surface area contributed by atoms with Crippen LogP contribution in [0.5, 0.6) is 0 Å². The number of anilines is 1. The zero-order valence-corrected chi connectivity index (χ0v) is 12.7. The van der Waals surface area contributed by atoms with Gasteiger partial charge in [-0.15, -0.1) is 10.2 Å². The van der Waals surface area contributed by atoms with Crippen molar-refractivity contribution in [2.45, 2.75) is 39.5 Å². The zero-order valence-electron chi connectivity index (χ0n) is 11.9. The molecular weight excluding hydrogens is 260 g/mol. The van der Waals surface area contributed by atoms with Crippen molar-refractivity contribution in [1.29, 1.82) is 0 Å². The third-order valence-electron chi connectivity index (χ3n) is 4.43. The number of amides is 1. The number of hydrogen-bond acceptors (Lipinski definition) is 5. The molecule has 0 radical (unpaired) electrons. The van der Waals surface area contributed by atoms with Crippen LogP contribution in [-0.4, -0.2) is 41.1 Å². The molecule has 0 saturated carbocycles. The predicted molar refractivity (Wildman–Crippen MR) is 77.6 cm³/mol. The minimum absolute atomic E-state index is 0.0276. The predicted octanol–water partition coefficient (Wildman–Crippen LogP) is 2.62. The molecule has 6 heteroatoms. The maximum atomic E-state index is 12.3. The number of likely N-dealkylation sites (tertiary alicyclic amines) is 1. The first kappa shape index (κ1) is 14.2. The van der Waals surface area contributed by atoms with E-state index in [1.807, 2.05) is 4.90 Å². The first-order valence-electron chi connectivity index (χ1n) is 6.94. The quantitative estimate of drug-likeness (QED) is 0.922. The highest BCUT2D eigenvalue weighted by Crippen LogP contribution is 2.38. The van der Waals surface area contributed by atoms with Gasteiger partial charge in [0.1, 0.15) is 0 Å². The lowest BCUT2D eigenvalue weighted by atomic mass is 9.74. The molecular formula is C13H22N4OS. The molecule has 106 valence electrons. The van der Waals surface area contributed by atoms with Gasteiger partial charge in [0.2, 0.25) is 10.1 Å². The van der Waals surface area contributed by atoms with Crippen LogP contribution in [0, 0.1) is 5.41 Å². The van der Waals surface area contributed by atoms with Crippen LogP contribution in [0.3, 0.4) is 0 Å². The summed E-state index contributed by atoms with van der Waals surface area (Å²) in [6.45, 7) is 6.19. The molecule has 1 amide bonds. The summed E-state index contributed by atoms with van der Waals surface area (Å²) in [5.74, 6) is 0.0276. The Morgan fingerprint density at radius 2 is 1.95 bits per heavy atom. The van der Waals surface area contributed by atoms with Crippen LogP contribution >= 0.6 is 11.3 Å². The van der Waals surface area contributed by atoms with Crippen LogP contribution in [0.4, 0.5) is 5.13 Å². The van der Waals surface area contributed by atoms with E-state index >= 15 is 0 Å². The molecule has 0 aromatic carbocycles. The molecule has 1 N–H and O–H groups in total. The number of aromatic nitrogens is 2. The van der Waals surface area contributed by atoms with Gasteiger partial charge in [0.05, 0.1) is 0 Å². The molecule has 0 unspecified atom stereocenters. The summed E-state index contributed by atoms with van der Waals surface area (Å²) in [7, 11) is 1.78. The number of nitrogens with zero attached hydrogens (tertiary/aromatic N) is 3. The Morgan fingerprint density at radius 1 is 1.32 bits per heavy atom. The summed E-state index contributed by atoms with van der Waals surface area (Å²) >= 11 is 1.32. The molecule has 1 aromatic heterocycles. The molecule has 1 aromatic rings. The van der Waals surface area contributed by atoms with Crippen molar-refractivity contribution < 1.29 is 4.79 Å². The van der Waals surface area contributed by atoms with Crippen LogP contribution in [0.25, 0.3) is 0 Å². The molecule has 5 nitrogen and oxygen atoms in total. The number of nitrogens with one attached hydrogen (secondary N) is 1. The molecule has 0 bridgehead atoms. The second-order valence-corrected chi connectivity index (χ2v) is 6.14. The van der Waals surface area contributed by atoms with Crippen LogP contribution in [0.15, 0.2) is 0 Å². The van der Waals surface area contributed by atoms with Crippen LogP contribution in [0.2, 0.25) is 0 Å². The van der Waals surface area contributed by atoms with Gasteiger partial charge in [0, 0.05) is 20.1 Å². The topological polar surface area (TPSA) is 58.1 Å². The van der Waals surface area contributed by atoms with Gasteiger partial charge in [0.25, 0.3) is 5.91 Å². The van der Waals surface area contributed by atoms with E-state index in [1.54, 1.807) is 7.05 Å². The summed E-state index contributed by atoms with van der Waals surface area (Å²) in [4.78, 5) is 14.2. The molecule has 0 aliphatic carbocycles. The van der Waals surface area contributed by atoms with Crippen molar-refractivity contribution in [3.63, 3.8) is 0 Å². The van der Waals surface area contributed by atoms with Crippen LogP contribution in [0.1, 0.15) is 49.3 Å². The van der Waals surface area contributed by atoms with Crippen molar-refractivity contribution >= 4 is 22.4 Å². The van der Waals surface area contributed by atoms with Crippen molar-refractivity contribution in [2.75, 3.05) is 25.5 Å². The van der Waals surface area contributed by atoms with Crippen molar-refractivity contribution in [1.82, 2.24) is 15.1 Å². The van der Waals surface area contributed by atoms with E-state index < -0.39 is 0 Å². The second-order valence-electron chi connectivity index (χ2n) is 5.16. The van der Waals surface area contributed by atoms with E-state index in [0.717, 1.165) is 25.9 Å². The highest BCUT2D eigenvalue weighted by Gasteiger charge is 2.33. The van der Waals surface area contributed by atoms with E-state index in [1.165, 1.54) is 24.2 Å². The Labute approximate surface area is 118 Å². The van der Waals surface area contributed by atoms with Crippen LogP contribution in [-0.2, 0) is 0 Å².